The molecule has 2 spiro atoms. The van der Waals surface area contributed by atoms with E-state index in [-0.39, 0.29) is 11.2 Å². The minimum absolute atomic E-state index is 0.0824. The van der Waals surface area contributed by atoms with E-state index < -0.39 is 8.32 Å². The van der Waals surface area contributed by atoms with E-state index in [1.54, 1.807) is 0 Å². The van der Waals surface area contributed by atoms with E-state index in [1.165, 1.54) is 51.4 Å². The van der Waals surface area contributed by atoms with Gasteiger partial charge in [-0.25, -0.2) is 0 Å². The topological polar surface area (TPSA) is 46.2 Å². The van der Waals surface area contributed by atoms with Crippen molar-refractivity contribution in [3.63, 3.8) is 0 Å². The van der Waals surface area contributed by atoms with Crippen molar-refractivity contribution in [1.29, 1.82) is 0 Å². The van der Waals surface area contributed by atoms with Gasteiger partial charge in [0.15, 0.2) is 14.1 Å². The first kappa shape index (κ1) is 26.9. The summed E-state index contributed by atoms with van der Waals surface area (Å²) in [6, 6.07) is 0. The van der Waals surface area contributed by atoms with Crippen LogP contribution in [0.1, 0.15) is 78.6 Å². The summed E-state index contributed by atoms with van der Waals surface area (Å²) in [5.41, 5.74) is 0.498. The second-order valence-electron chi connectivity index (χ2n) is 16.0. The number of ether oxygens (including phenoxy) is 4. The smallest absolute Gasteiger partial charge is 0.184 e. The van der Waals surface area contributed by atoms with Crippen molar-refractivity contribution < 1.29 is 23.4 Å². The van der Waals surface area contributed by atoms with Gasteiger partial charge in [-0.15, -0.1) is 0 Å². The van der Waals surface area contributed by atoms with Gasteiger partial charge in [0.05, 0.1) is 38.6 Å². The average molecular weight is 547 g/mol. The Morgan fingerprint density at radius 1 is 0.895 bits per heavy atom. The highest BCUT2D eigenvalue weighted by Crippen LogP contribution is 2.72. The molecular weight excluding hydrogens is 492 g/mol. The normalized spacial score (nSPS) is 56.4. The van der Waals surface area contributed by atoms with E-state index in [1.807, 2.05) is 0 Å². The lowest BCUT2D eigenvalue weighted by atomic mass is 9.43. The maximum atomic E-state index is 7.08. The van der Waals surface area contributed by atoms with Crippen LogP contribution in [0.15, 0.2) is 0 Å². The minimum Gasteiger partial charge on any atom is -0.415 e. The summed E-state index contributed by atoms with van der Waals surface area (Å²) >= 11 is 0. The number of hydrogen-bond donors (Lipinski definition) is 0. The zero-order valence-corrected chi connectivity index (χ0v) is 26.0. The third-order valence-corrected chi connectivity index (χ3v) is 14.1. The van der Waals surface area contributed by atoms with Crippen LogP contribution in [0.5, 0.6) is 0 Å². The largest absolute Gasteiger partial charge is 0.415 e. The first-order valence-corrected chi connectivity index (χ1v) is 19.7. The summed E-state index contributed by atoms with van der Waals surface area (Å²) in [5, 5.41) is 0. The van der Waals surface area contributed by atoms with Crippen LogP contribution in [-0.2, 0) is 23.4 Å². The fourth-order valence-electron chi connectivity index (χ4n) is 11.5. The van der Waals surface area contributed by atoms with E-state index in [0.29, 0.717) is 47.4 Å². The minimum atomic E-state index is -1.51. The second-order valence-corrected chi connectivity index (χ2v) is 20.5. The molecule has 38 heavy (non-hydrogen) atoms. The van der Waals surface area contributed by atoms with Crippen molar-refractivity contribution in [2.24, 2.45) is 52.3 Å². The monoisotopic (exact) mass is 546 g/mol. The highest BCUT2D eigenvalue weighted by Gasteiger charge is 2.73. The molecule has 7 rings (SSSR count). The van der Waals surface area contributed by atoms with E-state index in [9.17, 15) is 0 Å². The lowest BCUT2D eigenvalue weighted by molar-refractivity contribution is -0.275. The molecule has 4 aliphatic carbocycles. The van der Waals surface area contributed by atoms with Gasteiger partial charge < -0.3 is 23.4 Å². The van der Waals surface area contributed by atoms with Gasteiger partial charge in [-0.2, -0.15) is 0 Å². The third kappa shape index (κ3) is 3.93. The molecule has 0 aromatic rings. The van der Waals surface area contributed by atoms with Crippen molar-refractivity contribution in [1.82, 2.24) is 0 Å². The molecule has 7 fully saturated rings. The number of fused-ring (bicyclic) bond motifs is 5. The van der Waals surface area contributed by atoms with Gasteiger partial charge in [-0.05, 0) is 106 Å². The van der Waals surface area contributed by atoms with Gasteiger partial charge in [0, 0.05) is 29.8 Å². The summed E-state index contributed by atoms with van der Waals surface area (Å²) in [4.78, 5) is 0. The fourth-order valence-corrected chi connectivity index (χ4v) is 12.7. The van der Waals surface area contributed by atoms with Gasteiger partial charge >= 0.3 is 0 Å². The Morgan fingerprint density at radius 2 is 1.74 bits per heavy atom. The molecule has 3 aliphatic heterocycles. The van der Waals surface area contributed by atoms with Gasteiger partial charge in [-0.3, -0.25) is 0 Å². The van der Waals surface area contributed by atoms with Crippen LogP contribution in [0, 0.1) is 52.3 Å². The lowest BCUT2D eigenvalue weighted by Crippen LogP contribution is -2.62. The van der Waals surface area contributed by atoms with Crippen LogP contribution in [0.2, 0.25) is 19.6 Å². The van der Waals surface area contributed by atoms with Crippen molar-refractivity contribution in [3.05, 3.63) is 0 Å². The summed E-state index contributed by atoms with van der Waals surface area (Å²) < 4.78 is 33.7. The second kappa shape index (κ2) is 9.26. The van der Waals surface area contributed by atoms with Crippen molar-refractivity contribution in [2.75, 3.05) is 26.4 Å². The zero-order valence-electron chi connectivity index (χ0n) is 25.0. The highest BCUT2D eigenvalue weighted by molar-refractivity contribution is 6.69. The first-order chi connectivity index (χ1) is 18.1. The maximum absolute atomic E-state index is 7.08. The lowest BCUT2D eigenvalue weighted by Gasteiger charge is -2.63. The standard InChI is InChI=1S/C32H54O5Si/c1-20-9-12-32(35-18-20)21(2)29-27(36-32)16-26-24-8-7-22-15-23(37-38(4,5)6)10-11-30(22,3)25(24)17-28-31(26,29)19-33-13-14-34-28/h20-29H,7-19H2,1-6H3/t20-,21+,22+,23+,24-,25+,26+,27+,28?,29+,30+,31-,32-/m1/s1. The van der Waals surface area contributed by atoms with Crippen LogP contribution in [-0.4, -0.2) is 58.8 Å². The molecule has 3 saturated heterocycles. The Morgan fingerprint density at radius 3 is 2.50 bits per heavy atom. The van der Waals surface area contributed by atoms with Gasteiger partial charge in [0.25, 0.3) is 0 Å². The quantitative estimate of drug-likeness (QED) is 0.363. The van der Waals surface area contributed by atoms with E-state index >= 15 is 0 Å². The SMILES string of the molecule is C[C@@H]1CC[C@@]2(OC1)O[C@H]1C[C@H]3[C@@H]4CC[C@H]5C[C@@H](O[Si](C)(C)C)CC[C@]5(C)[C@H]4CC4OCCOC[C@]43[C@H]1[C@@H]2C. The third-order valence-electron chi connectivity index (χ3n) is 13.1. The Bertz CT molecular complexity index is 897. The molecule has 4 saturated carbocycles. The Balaban J connectivity index is 1.19. The van der Waals surface area contributed by atoms with Crippen LogP contribution in [0.4, 0.5) is 0 Å². The molecule has 0 N–H and O–H groups in total. The van der Waals surface area contributed by atoms with Crippen LogP contribution in [0.3, 0.4) is 0 Å². The van der Waals surface area contributed by atoms with E-state index in [0.717, 1.165) is 50.6 Å². The van der Waals surface area contributed by atoms with Crippen LogP contribution in [0.25, 0.3) is 0 Å². The molecule has 0 radical (unpaired) electrons. The predicted molar refractivity (Wildman–Crippen MR) is 150 cm³/mol. The molecule has 0 aromatic carbocycles. The van der Waals surface area contributed by atoms with Gasteiger partial charge in [0.2, 0.25) is 0 Å². The molecule has 3 heterocycles. The molecule has 1 unspecified atom stereocenters. The molecule has 13 atom stereocenters. The van der Waals surface area contributed by atoms with E-state index in [4.69, 9.17) is 23.4 Å². The summed E-state index contributed by atoms with van der Waals surface area (Å²) in [6.45, 7) is 17.7. The molecule has 0 aromatic heterocycles. The zero-order chi connectivity index (χ0) is 26.5. The Kier molecular flexibility index (Phi) is 6.55. The Labute approximate surface area is 232 Å². The molecular formula is C32H54O5Si. The molecule has 5 nitrogen and oxygen atoms in total. The molecule has 7 aliphatic rings. The van der Waals surface area contributed by atoms with Gasteiger partial charge in [-0.1, -0.05) is 20.8 Å². The summed E-state index contributed by atoms with van der Waals surface area (Å²) in [7, 11) is -1.51. The molecule has 6 heteroatoms. The highest BCUT2D eigenvalue weighted by atomic mass is 28.4. The van der Waals surface area contributed by atoms with Gasteiger partial charge in [0.1, 0.15) is 0 Å². The predicted octanol–water partition coefficient (Wildman–Crippen LogP) is 6.66. The van der Waals surface area contributed by atoms with Crippen LogP contribution < -0.4 is 0 Å². The van der Waals surface area contributed by atoms with Crippen molar-refractivity contribution in [3.8, 4) is 0 Å². The summed E-state index contributed by atoms with van der Waals surface area (Å²) in [6.07, 6.45) is 12.3. The van der Waals surface area contributed by atoms with Crippen molar-refractivity contribution >= 4 is 8.32 Å². The van der Waals surface area contributed by atoms with E-state index in [2.05, 4.69) is 40.4 Å². The van der Waals surface area contributed by atoms with Crippen molar-refractivity contribution in [2.45, 2.75) is 122 Å². The average Bonchev–Trinajstić information content (AvgIpc) is 3.21. The number of hydrogen-bond acceptors (Lipinski definition) is 5. The first-order valence-electron chi connectivity index (χ1n) is 16.2. The maximum Gasteiger partial charge on any atom is 0.184 e. The Hall–Kier alpha value is 0.0169. The summed E-state index contributed by atoms with van der Waals surface area (Å²) in [5.74, 6) is 4.11. The van der Waals surface area contributed by atoms with Crippen LogP contribution >= 0.6 is 0 Å². The number of rotatable bonds is 2. The molecule has 0 amide bonds. The molecule has 0 bridgehead atoms. The fraction of sp³-hybridized carbons (Fsp3) is 1.00. The molecule has 216 valence electrons.